The first-order chi connectivity index (χ1) is 9.25. The number of rotatable bonds is 6. The first-order valence-corrected chi connectivity index (χ1v) is 7.49. The SMILES string of the molecule is CCC(C)N1CCN(C(=O)CC(C)(C)CC(=O)O)CC1. The average molecular weight is 284 g/mol. The summed E-state index contributed by atoms with van der Waals surface area (Å²) in [5.41, 5.74) is -0.475. The summed E-state index contributed by atoms with van der Waals surface area (Å²) in [6, 6.07) is 0.565. The van der Waals surface area contributed by atoms with Crippen molar-refractivity contribution in [3.63, 3.8) is 0 Å². The molecule has 1 aliphatic heterocycles. The fraction of sp³-hybridized carbons (Fsp3) is 0.867. The van der Waals surface area contributed by atoms with Gasteiger partial charge in [-0.15, -0.1) is 0 Å². The summed E-state index contributed by atoms with van der Waals surface area (Å²) in [5.74, 6) is -0.760. The Morgan fingerprint density at radius 3 is 2.15 bits per heavy atom. The number of hydrogen-bond donors (Lipinski definition) is 1. The molecule has 1 unspecified atom stereocenters. The lowest BCUT2D eigenvalue weighted by molar-refractivity contribution is -0.141. The van der Waals surface area contributed by atoms with Crippen molar-refractivity contribution in [2.24, 2.45) is 5.41 Å². The fourth-order valence-corrected chi connectivity index (χ4v) is 2.66. The van der Waals surface area contributed by atoms with Crippen LogP contribution in [0.25, 0.3) is 0 Å². The molecule has 0 aromatic rings. The lowest BCUT2D eigenvalue weighted by Gasteiger charge is -2.38. The number of carbonyl (C=O) groups is 2. The van der Waals surface area contributed by atoms with Gasteiger partial charge in [0, 0.05) is 38.6 Å². The Balaban J connectivity index is 2.45. The van der Waals surface area contributed by atoms with Crippen LogP contribution in [-0.2, 0) is 9.59 Å². The third kappa shape index (κ3) is 5.12. The van der Waals surface area contributed by atoms with E-state index in [1.165, 1.54) is 0 Å². The Hall–Kier alpha value is -1.10. The van der Waals surface area contributed by atoms with Gasteiger partial charge >= 0.3 is 5.97 Å². The smallest absolute Gasteiger partial charge is 0.303 e. The summed E-state index contributed by atoms with van der Waals surface area (Å²) in [6.07, 6.45) is 1.47. The molecule has 1 amide bonds. The molecule has 0 aromatic heterocycles. The van der Waals surface area contributed by atoms with Crippen LogP contribution in [0.5, 0.6) is 0 Å². The third-order valence-electron chi connectivity index (χ3n) is 4.14. The van der Waals surface area contributed by atoms with Crippen LogP contribution in [0.4, 0.5) is 0 Å². The normalized spacial score (nSPS) is 18.9. The molecule has 0 saturated carbocycles. The van der Waals surface area contributed by atoms with Crippen molar-refractivity contribution in [2.45, 2.75) is 53.0 Å². The standard InChI is InChI=1S/C15H28N2O3/c1-5-12(2)16-6-8-17(9-7-16)13(18)10-15(3,4)11-14(19)20/h12H,5-11H2,1-4H3,(H,19,20). The maximum Gasteiger partial charge on any atom is 0.303 e. The second-order valence-electron chi connectivity index (χ2n) is 6.59. The van der Waals surface area contributed by atoms with Crippen LogP contribution in [0.2, 0.25) is 0 Å². The van der Waals surface area contributed by atoms with E-state index in [9.17, 15) is 9.59 Å². The van der Waals surface area contributed by atoms with Crippen molar-refractivity contribution in [2.75, 3.05) is 26.2 Å². The van der Waals surface area contributed by atoms with E-state index in [0.717, 1.165) is 32.6 Å². The van der Waals surface area contributed by atoms with E-state index in [1.54, 1.807) is 0 Å². The number of piperazine rings is 1. The monoisotopic (exact) mass is 284 g/mol. The van der Waals surface area contributed by atoms with Crippen molar-refractivity contribution >= 4 is 11.9 Å². The molecule has 1 heterocycles. The largest absolute Gasteiger partial charge is 0.481 e. The molecule has 0 aromatic carbocycles. The molecule has 5 heteroatoms. The van der Waals surface area contributed by atoms with Gasteiger partial charge in [0.2, 0.25) is 5.91 Å². The van der Waals surface area contributed by atoms with Gasteiger partial charge in [0.1, 0.15) is 0 Å². The highest BCUT2D eigenvalue weighted by Gasteiger charge is 2.29. The summed E-state index contributed by atoms with van der Waals surface area (Å²) < 4.78 is 0. The topological polar surface area (TPSA) is 60.9 Å². The Labute approximate surface area is 121 Å². The zero-order chi connectivity index (χ0) is 15.3. The summed E-state index contributed by atoms with van der Waals surface area (Å²) in [6.45, 7) is 11.4. The number of nitrogens with zero attached hydrogens (tertiary/aromatic N) is 2. The minimum absolute atomic E-state index is 0.0333. The molecule has 20 heavy (non-hydrogen) atoms. The minimum Gasteiger partial charge on any atom is -0.481 e. The first kappa shape index (κ1) is 17.0. The van der Waals surface area contributed by atoms with Crippen molar-refractivity contribution in [1.29, 1.82) is 0 Å². The molecule has 1 fully saturated rings. The van der Waals surface area contributed by atoms with E-state index in [2.05, 4.69) is 18.7 Å². The predicted octanol–water partition coefficient (Wildman–Crippen LogP) is 1.82. The number of hydrogen-bond acceptors (Lipinski definition) is 3. The van der Waals surface area contributed by atoms with E-state index in [1.807, 2.05) is 18.7 Å². The van der Waals surface area contributed by atoms with Gasteiger partial charge in [-0.2, -0.15) is 0 Å². The van der Waals surface area contributed by atoms with Crippen LogP contribution in [0.15, 0.2) is 0 Å². The molecule has 1 atom stereocenters. The zero-order valence-corrected chi connectivity index (χ0v) is 13.2. The van der Waals surface area contributed by atoms with Gasteiger partial charge in [0.15, 0.2) is 0 Å². The number of aliphatic carboxylic acids is 1. The molecule has 116 valence electrons. The van der Waals surface area contributed by atoms with E-state index in [-0.39, 0.29) is 12.3 Å². The lowest BCUT2D eigenvalue weighted by atomic mass is 9.85. The quantitative estimate of drug-likeness (QED) is 0.808. The number of carboxylic acid groups (broad SMARTS) is 1. The highest BCUT2D eigenvalue weighted by Crippen LogP contribution is 2.26. The van der Waals surface area contributed by atoms with Crippen LogP contribution in [0, 0.1) is 5.41 Å². The molecule has 0 aliphatic carbocycles. The van der Waals surface area contributed by atoms with E-state index < -0.39 is 11.4 Å². The van der Waals surface area contributed by atoms with Crippen LogP contribution in [0.1, 0.15) is 47.0 Å². The second kappa shape index (κ2) is 7.07. The van der Waals surface area contributed by atoms with Gasteiger partial charge in [0.05, 0.1) is 6.42 Å². The highest BCUT2D eigenvalue weighted by molar-refractivity contribution is 5.78. The van der Waals surface area contributed by atoms with Crippen LogP contribution in [0.3, 0.4) is 0 Å². The molecule has 0 spiro atoms. The molecule has 1 aliphatic rings. The van der Waals surface area contributed by atoms with Crippen molar-refractivity contribution < 1.29 is 14.7 Å². The minimum atomic E-state index is -0.843. The average Bonchev–Trinajstić information content (AvgIpc) is 2.35. The summed E-state index contributed by atoms with van der Waals surface area (Å²) in [7, 11) is 0. The lowest BCUT2D eigenvalue weighted by Crippen LogP contribution is -2.51. The van der Waals surface area contributed by atoms with Gasteiger partial charge < -0.3 is 10.0 Å². The highest BCUT2D eigenvalue weighted by atomic mass is 16.4. The van der Waals surface area contributed by atoms with Crippen LogP contribution < -0.4 is 0 Å². The third-order valence-corrected chi connectivity index (χ3v) is 4.14. The summed E-state index contributed by atoms with van der Waals surface area (Å²) in [5, 5.41) is 8.86. The molecule has 1 N–H and O–H groups in total. The zero-order valence-electron chi connectivity index (χ0n) is 13.2. The second-order valence-corrected chi connectivity index (χ2v) is 6.59. The van der Waals surface area contributed by atoms with Gasteiger partial charge in [-0.1, -0.05) is 20.8 Å². The molecule has 0 bridgehead atoms. The van der Waals surface area contributed by atoms with E-state index >= 15 is 0 Å². The Bertz CT molecular complexity index is 347. The maximum atomic E-state index is 12.3. The molecule has 0 radical (unpaired) electrons. The molecular formula is C15H28N2O3. The number of carboxylic acids is 1. The predicted molar refractivity (Wildman–Crippen MR) is 78.6 cm³/mol. The van der Waals surface area contributed by atoms with E-state index in [4.69, 9.17) is 5.11 Å². The summed E-state index contributed by atoms with van der Waals surface area (Å²) >= 11 is 0. The van der Waals surface area contributed by atoms with Crippen molar-refractivity contribution in [1.82, 2.24) is 9.80 Å². The number of carbonyl (C=O) groups excluding carboxylic acids is 1. The van der Waals surface area contributed by atoms with Crippen molar-refractivity contribution in [3.05, 3.63) is 0 Å². The molecular weight excluding hydrogens is 256 g/mol. The van der Waals surface area contributed by atoms with Gasteiger partial charge in [-0.05, 0) is 18.8 Å². The van der Waals surface area contributed by atoms with Gasteiger partial charge in [-0.3, -0.25) is 14.5 Å². The maximum absolute atomic E-state index is 12.3. The van der Waals surface area contributed by atoms with E-state index in [0.29, 0.717) is 12.5 Å². The van der Waals surface area contributed by atoms with Crippen molar-refractivity contribution in [3.8, 4) is 0 Å². The summed E-state index contributed by atoms with van der Waals surface area (Å²) in [4.78, 5) is 27.3. The Kier molecular flexibility index (Phi) is 5.99. The molecule has 1 rings (SSSR count). The Morgan fingerprint density at radius 1 is 1.15 bits per heavy atom. The van der Waals surface area contributed by atoms with Gasteiger partial charge in [-0.25, -0.2) is 0 Å². The van der Waals surface area contributed by atoms with Gasteiger partial charge in [0.25, 0.3) is 0 Å². The number of amides is 1. The molecule has 1 saturated heterocycles. The molecule has 5 nitrogen and oxygen atoms in total. The van der Waals surface area contributed by atoms with Crippen LogP contribution in [-0.4, -0.2) is 59.0 Å². The van der Waals surface area contributed by atoms with Crippen LogP contribution >= 0.6 is 0 Å². The fourth-order valence-electron chi connectivity index (χ4n) is 2.66. The Morgan fingerprint density at radius 2 is 1.70 bits per heavy atom. The first-order valence-electron chi connectivity index (χ1n) is 7.49.